The number of anilines is 1. The lowest BCUT2D eigenvalue weighted by Gasteiger charge is -2.17. The summed E-state index contributed by atoms with van der Waals surface area (Å²) in [4.78, 5) is 16.6. The number of rotatable bonds is 1. The molecule has 1 aromatic carbocycles. The van der Waals surface area contributed by atoms with Crippen LogP contribution in [0.5, 0.6) is 0 Å². The zero-order chi connectivity index (χ0) is 13.2. The van der Waals surface area contributed by atoms with Crippen LogP contribution in [0, 0.1) is 0 Å². The fraction of sp³-hybridized carbons (Fsp3) is 0.364. The molecule has 1 N–H and O–H groups in total. The number of nitrogens with one attached hydrogen (secondary N) is 1. The Hall–Kier alpha value is -1.76. The Kier molecular flexibility index (Phi) is 3.42. The minimum Gasteiger partial charge on any atom is -0.305 e. The van der Waals surface area contributed by atoms with Crippen LogP contribution in [-0.2, 0) is 11.0 Å². The number of carbonyl (C=O) groups excluding carboxylic acids is 1. The highest BCUT2D eigenvalue weighted by Crippen LogP contribution is 2.34. The molecule has 1 fully saturated rings. The van der Waals surface area contributed by atoms with Crippen molar-refractivity contribution in [2.75, 3.05) is 18.5 Å². The van der Waals surface area contributed by atoms with Crippen LogP contribution in [0.25, 0.3) is 0 Å². The van der Waals surface area contributed by atoms with Crippen molar-refractivity contribution >= 4 is 11.7 Å². The third-order valence-electron chi connectivity index (χ3n) is 2.45. The van der Waals surface area contributed by atoms with Crippen molar-refractivity contribution in [2.45, 2.75) is 12.6 Å². The van der Waals surface area contributed by atoms with Gasteiger partial charge in [-0.1, -0.05) is 12.1 Å². The van der Waals surface area contributed by atoms with Crippen molar-refractivity contribution < 1.29 is 22.8 Å². The first kappa shape index (κ1) is 12.7. The Bertz CT molecular complexity index is 442. The summed E-state index contributed by atoms with van der Waals surface area (Å²) < 4.78 is 38.0. The summed E-state index contributed by atoms with van der Waals surface area (Å²) in [6.07, 6.45) is -3.83. The Labute approximate surface area is 101 Å². The molecule has 2 rings (SSSR count). The van der Waals surface area contributed by atoms with E-state index < -0.39 is 17.8 Å². The molecule has 98 valence electrons. The van der Waals surface area contributed by atoms with E-state index in [1.165, 1.54) is 18.2 Å². The van der Waals surface area contributed by atoms with Gasteiger partial charge in [0, 0.05) is 0 Å². The molecule has 0 atom stereocenters. The lowest BCUT2D eigenvalue weighted by atomic mass is 10.1. The van der Waals surface area contributed by atoms with Crippen LogP contribution in [0.15, 0.2) is 24.3 Å². The van der Waals surface area contributed by atoms with Gasteiger partial charge in [-0.15, -0.1) is 0 Å². The normalized spacial score (nSPS) is 15.8. The van der Waals surface area contributed by atoms with Gasteiger partial charge in [-0.25, -0.2) is 9.86 Å². The van der Waals surface area contributed by atoms with Gasteiger partial charge in [0.1, 0.15) is 0 Å². The Morgan fingerprint density at radius 2 is 2.06 bits per heavy atom. The number of amides is 2. The molecule has 1 aromatic rings. The van der Waals surface area contributed by atoms with E-state index in [0.717, 1.165) is 11.1 Å². The molecule has 0 aliphatic carbocycles. The quantitative estimate of drug-likeness (QED) is 0.843. The largest absolute Gasteiger partial charge is 0.418 e. The summed E-state index contributed by atoms with van der Waals surface area (Å²) in [5, 5.41) is 3.22. The second-order valence-corrected chi connectivity index (χ2v) is 3.76. The van der Waals surface area contributed by atoms with E-state index in [1.54, 1.807) is 0 Å². The zero-order valence-electron chi connectivity index (χ0n) is 9.33. The summed E-state index contributed by atoms with van der Waals surface area (Å²) in [6, 6.07) is 4.13. The van der Waals surface area contributed by atoms with Crippen molar-refractivity contribution in [3.05, 3.63) is 29.8 Å². The van der Waals surface area contributed by atoms with Crippen LogP contribution < -0.4 is 5.32 Å². The van der Waals surface area contributed by atoms with Gasteiger partial charge < -0.3 is 5.32 Å². The third kappa shape index (κ3) is 2.73. The first-order valence-corrected chi connectivity index (χ1v) is 5.36. The number of para-hydroxylation sites is 1. The second-order valence-electron chi connectivity index (χ2n) is 3.76. The number of halogens is 3. The summed E-state index contributed by atoms with van der Waals surface area (Å²) >= 11 is 0. The average Bonchev–Trinajstić information content (AvgIpc) is 2.81. The maximum absolute atomic E-state index is 12.7. The molecule has 18 heavy (non-hydrogen) atoms. The van der Waals surface area contributed by atoms with Crippen LogP contribution in [0.1, 0.15) is 12.0 Å². The van der Waals surface area contributed by atoms with Crippen LogP contribution in [0.2, 0.25) is 0 Å². The highest BCUT2D eigenvalue weighted by Gasteiger charge is 2.34. The van der Waals surface area contributed by atoms with Gasteiger partial charge in [-0.05, 0) is 18.6 Å². The lowest BCUT2D eigenvalue weighted by molar-refractivity contribution is -0.136. The average molecular weight is 260 g/mol. The number of urea groups is 1. The molecular formula is C11H11F3N2O2. The van der Waals surface area contributed by atoms with E-state index in [1.807, 2.05) is 0 Å². The molecule has 0 saturated carbocycles. The van der Waals surface area contributed by atoms with Crippen molar-refractivity contribution in [3.8, 4) is 0 Å². The molecule has 1 aliphatic rings. The minimum absolute atomic E-state index is 0.273. The van der Waals surface area contributed by atoms with E-state index >= 15 is 0 Å². The van der Waals surface area contributed by atoms with Crippen LogP contribution >= 0.6 is 0 Å². The summed E-state index contributed by atoms with van der Waals surface area (Å²) in [5.74, 6) is 0. The maximum Gasteiger partial charge on any atom is 0.418 e. The molecule has 1 saturated heterocycles. The zero-order valence-corrected chi connectivity index (χ0v) is 9.33. The number of nitrogens with zero attached hydrogens (tertiary/aromatic N) is 1. The molecule has 4 nitrogen and oxygen atoms in total. The summed E-state index contributed by atoms with van der Waals surface area (Å²) in [5.41, 5.74) is -1.15. The van der Waals surface area contributed by atoms with Gasteiger partial charge in [0.15, 0.2) is 0 Å². The molecule has 0 unspecified atom stereocenters. The summed E-state index contributed by atoms with van der Waals surface area (Å²) in [7, 11) is 0. The Morgan fingerprint density at radius 3 is 2.67 bits per heavy atom. The standard InChI is InChI=1S/C11H11F3N2O2/c12-11(13,14)8-4-1-2-5-9(8)15-10(17)16-6-3-7-18-16/h1-2,4-5H,3,6-7H2,(H,15,17). The number of hydrogen-bond acceptors (Lipinski definition) is 2. The van der Waals surface area contributed by atoms with E-state index in [2.05, 4.69) is 5.32 Å². The van der Waals surface area contributed by atoms with Gasteiger partial charge in [0.25, 0.3) is 0 Å². The number of hydroxylamine groups is 2. The molecule has 0 radical (unpaired) electrons. The first-order valence-electron chi connectivity index (χ1n) is 5.36. The minimum atomic E-state index is -4.50. The number of alkyl halides is 3. The van der Waals surface area contributed by atoms with Crippen LogP contribution in [-0.4, -0.2) is 24.2 Å². The number of hydrogen-bond donors (Lipinski definition) is 1. The van der Waals surface area contributed by atoms with Crippen LogP contribution in [0.3, 0.4) is 0 Å². The van der Waals surface area contributed by atoms with Crippen molar-refractivity contribution in [3.63, 3.8) is 0 Å². The molecule has 0 bridgehead atoms. The fourth-order valence-corrected chi connectivity index (χ4v) is 1.62. The fourth-order valence-electron chi connectivity index (χ4n) is 1.62. The maximum atomic E-state index is 12.7. The van der Waals surface area contributed by atoms with Gasteiger partial charge in [-0.3, -0.25) is 4.84 Å². The molecule has 1 aliphatic heterocycles. The predicted molar refractivity (Wildman–Crippen MR) is 57.7 cm³/mol. The third-order valence-corrected chi connectivity index (χ3v) is 2.45. The van der Waals surface area contributed by atoms with E-state index in [4.69, 9.17) is 4.84 Å². The monoisotopic (exact) mass is 260 g/mol. The van der Waals surface area contributed by atoms with Crippen LogP contribution in [0.4, 0.5) is 23.7 Å². The highest BCUT2D eigenvalue weighted by molar-refractivity contribution is 5.89. The Balaban J connectivity index is 2.16. The van der Waals surface area contributed by atoms with Gasteiger partial charge >= 0.3 is 12.2 Å². The van der Waals surface area contributed by atoms with Crippen molar-refractivity contribution in [1.29, 1.82) is 0 Å². The lowest BCUT2D eigenvalue weighted by Crippen LogP contribution is -2.31. The summed E-state index contributed by atoms with van der Waals surface area (Å²) in [6.45, 7) is 0.772. The number of carbonyl (C=O) groups is 1. The van der Waals surface area contributed by atoms with Crippen molar-refractivity contribution in [2.24, 2.45) is 0 Å². The molecule has 2 amide bonds. The van der Waals surface area contributed by atoms with Gasteiger partial charge in [0.05, 0.1) is 24.4 Å². The molecule has 0 spiro atoms. The number of benzene rings is 1. The van der Waals surface area contributed by atoms with E-state index in [9.17, 15) is 18.0 Å². The smallest absolute Gasteiger partial charge is 0.305 e. The van der Waals surface area contributed by atoms with E-state index in [0.29, 0.717) is 19.6 Å². The topological polar surface area (TPSA) is 41.6 Å². The SMILES string of the molecule is O=C(Nc1ccccc1C(F)(F)F)N1CCCO1. The van der Waals surface area contributed by atoms with Crippen molar-refractivity contribution in [1.82, 2.24) is 5.06 Å². The van der Waals surface area contributed by atoms with E-state index in [-0.39, 0.29) is 5.69 Å². The Morgan fingerprint density at radius 1 is 1.33 bits per heavy atom. The predicted octanol–water partition coefficient (Wildman–Crippen LogP) is 2.87. The molecule has 7 heteroatoms. The highest BCUT2D eigenvalue weighted by atomic mass is 19.4. The van der Waals surface area contributed by atoms with Gasteiger partial charge in [-0.2, -0.15) is 13.2 Å². The molecule has 0 aromatic heterocycles. The molecular weight excluding hydrogens is 249 g/mol. The molecule has 1 heterocycles. The first-order chi connectivity index (χ1) is 8.48. The van der Waals surface area contributed by atoms with Gasteiger partial charge in [0.2, 0.25) is 0 Å². The second kappa shape index (κ2) is 4.85.